The number of ether oxygens (including phenoxy) is 1. The van der Waals surface area contributed by atoms with Crippen LogP contribution < -0.4 is 0 Å². The molecule has 0 aliphatic carbocycles. The molecule has 0 aromatic rings. The summed E-state index contributed by atoms with van der Waals surface area (Å²) in [5, 5.41) is 0. The van der Waals surface area contributed by atoms with Gasteiger partial charge in [-0.05, 0) is 97.2 Å². The SMILES string of the molecule is CCCCC/C=C\C/C=C\CCCCCCCCN(CCCCCCCC/C=C\C/C=C\CCCCC)C(=O)OCCN(C)CCN(CC)CC. The maximum Gasteiger partial charge on any atom is 0.409 e. The first-order valence-corrected chi connectivity index (χ1v) is 22.0. The van der Waals surface area contributed by atoms with E-state index in [2.05, 4.69) is 93.2 Å². The van der Waals surface area contributed by atoms with Crippen molar-refractivity contribution >= 4 is 6.09 Å². The van der Waals surface area contributed by atoms with Gasteiger partial charge in [0.05, 0.1) is 0 Å². The number of likely N-dealkylation sites (N-methyl/N-ethyl adjacent to an activating group) is 2. The molecule has 0 rings (SSSR count). The smallest absolute Gasteiger partial charge is 0.409 e. The Labute approximate surface area is 319 Å². The average Bonchev–Trinajstić information content (AvgIpc) is 3.13. The van der Waals surface area contributed by atoms with Gasteiger partial charge in [-0.3, -0.25) is 0 Å². The minimum atomic E-state index is -0.114. The highest BCUT2D eigenvalue weighted by Gasteiger charge is 2.15. The van der Waals surface area contributed by atoms with E-state index in [1.54, 1.807) is 0 Å². The topological polar surface area (TPSA) is 36.0 Å². The van der Waals surface area contributed by atoms with Gasteiger partial charge in [0.25, 0.3) is 0 Å². The number of carbonyl (C=O) groups is 1. The van der Waals surface area contributed by atoms with Crippen molar-refractivity contribution in [3.8, 4) is 0 Å². The largest absolute Gasteiger partial charge is 0.448 e. The van der Waals surface area contributed by atoms with Crippen molar-refractivity contribution in [3.05, 3.63) is 48.6 Å². The van der Waals surface area contributed by atoms with Crippen LogP contribution in [-0.2, 0) is 4.74 Å². The molecule has 298 valence electrons. The lowest BCUT2D eigenvalue weighted by Crippen LogP contribution is -2.37. The van der Waals surface area contributed by atoms with E-state index in [-0.39, 0.29) is 6.09 Å². The van der Waals surface area contributed by atoms with Gasteiger partial charge in [-0.15, -0.1) is 0 Å². The summed E-state index contributed by atoms with van der Waals surface area (Å²) in [5.41, 5.74) is 0. The lowest BCUT2D eigenvalue weighted by molar-refractivity contribution is 0.0908. The molecular weight excluding hydrogens is 627 g/mol. The molecule has 5 nitrogen and oxygen atoms in total. The van der Waals surface area contributed by atoms with Crippen LogP contribution in [0.25, 0.3) is 0 Å². The van der Waals surface area contributed by atoms with Gasteiger partial charge in [-0.25, -0.2) is 4.79 Å². The van der Waals surface area contributed by atoms with Gasteiger partial charge in [0.1, 0.15) is 6.61 Å². The van der Waals surface area contributed by atoms with E-state index >= 15 is 0 Å². The van der Waals surface area contributed by atoms with Crippen LogP contribution in [0.5, 0.6) is 0 Å². The zero-order valence-corrected chi connectivity index (χ0v) is 34.9. The van der Waals surface area contributed by atoms with E-state index in [1.807, 2.05) is 4.90 Å². The Balaban J connectivity index is 4.29. The second-order valence-electron chi connectivity index (χ2n) is 14.6. The fraction of sp³-hybridized carbons (Fsp3) is 0.804. The Kier molecular flexibility index (Phi) is 39.4. The van der Waals surface area contributed by atoms with Gasteiger partial charge in [0.15, 0.2) is 0 Å². The molecule has 5 heteroatoms. The van der Waals surface area contributed by atoms with Crippen LogP contribution in [0.2, 0.25) is 0 Å². The number of allylic oxidation sites excluding steroid dienone is 8. The van der Waals surface area contributed by atoms with Crippen LogP contribution in [0.1, 0.15) is 182 Å². The predicted molar refractivity (Wildman–Crippen MR) is 227 cm³/mol. The molecule has 0 fully saturated rings. The molecule has 1 amide bonds. The Morgan fingerprint density at radius 2 is 0.843 bits per heavy atom. The number of rotatable bonds is 38. The molecular formula is C46H87N3O2. The summed E-state index contributed by atoms with van der Waals surface area (Å²) in [6.07, 6.45) is 48.3. The molecule has 0 saturated heterocycles. The zero-order valence-electron chi connectivity index (χ0n) is 34.9. The third kappa shape index (κ3) is 36.3. The quantitative estimate of drug-likeness (QED) is 0.0471. The fourth-order valence-corrected chi connectivity index (χ4v) is 6.22. The van der Waals surface area contributed by atoms with Crippen molar-refractivity contribution < 1.29 is 9.53 Å². The molecule has 0 aromatic heterocycles. The van der Waals surface area contributed by atoms with Crippen LogP contribution in [0.4, 0.5) is 4.79 Å². The van der Waals surface area contributed by atoms with E-state index in [4.69, 9.17) is 4.74 Å². The van der Waals surface area contributed by atoms with Gasteiger partial charge in [-0.1, -0.05) is 153 Å². The predicted octanol–water partition coefficient (Wildman–Crippen LogP) is 13.3. The molecule has 0 atom stereocenters. The second-order valence-corrected chi connectivity index (χ2v) is 14.6. The number of hydrogen-bond donors (Lipinski definition) is 0. The number of carbonyl (C=O) groups excluding carboxylic acids is 1. The number of hydrogen-bond acceptors (Lipinski definition) is 4. The monoisotopic (exact) mass is 714 g/mol. The number of unbranched alkanes of at least 4 members (excludes halogenated alkanes) is 18. The van der Waals surface area contributed by atoms with Gasteiger partial charge in [0.2, 0.25) is 0 Å². The lowest BCUT2D eigenvalue weighted by Gasteiger charge is -2.25. The molecule has 0 radical (unpaired) electrons. The Hall–Kier alpha value is -1.85. The lowest BCUT2D eigenvalue weighted by atomic mass is 10.1. The summed E-state index contributed by atoms with van der Waals surface area (Å²) < 4.78 is 5.80. The molecule has 0 saturated carbocycles. The summed E-state index contributed by atoms with van der Waals surface area (Å²) in [5.74, 6) is 0. The van der Waals surface area contributed by atoms with Gasteiger partial charge < -0.3 is 19.4 Å². The Bertz CT molecular complexity index is 784. The van der Waals surface area contributed by atoms with Crippen molar-refractivity contribution in [2.45, 2.75) is 182 Å². The normalized spacial score (nSPS) is 12.3. The van der Waals surface area contributed by atoms with E-state index in [0.29, 0.717) is 6.61 Å². The van der Waals surface area contributed by atoms with Gasteiger partial charge in [-0.2, -0.15) is 0 Å². The molecule has 51 heavy (non-hydrogen) atoms. The molecule has 0 aliphatic heterocycles. The van der Waals surface area contributed by atoms with Crippen molar-refractivity contribution in [1.29, 1.82) is 0 Å². The van der Waals surface area contributed by atoms with Crippen molar-refractivity contribution in [2.24, 2.45) is 0 Å². The van der Waals surface area contributed by atoms with Crippen LogP contribution in [0.15, 0.2) is 48.6 Å². The van der Waals surface area contributed by atoms with E-state index < -0.39 is 0 Å². The summed E-state index contributed by atoms with van der Waals surface area (Å²) >= 11 is 0. The van der Waals surface area contributed by atoms with Crippen molar-refractivity contribution in [1.82, 2.24) is 14.7 Å². The van der Waals surface area contributed by atoms with E-state index in [1.165, 1.54) is 128 Å². The summed E-state index contributed by atoms with van der Waals surface area (Å²) in [4.78, 5) is 19.8. The molecule has 0 heterocycles. The van der Waals surface area contributed by atoms with E-state index in [9.17, 15) is 4.79 Å². The highest BCUT2D eigenvalue weighted by molar-refractivity contribution is 5.67. The summed E-state index contributed by atoms with van der Waals surface area (Å²) in [6, 6.07) is 0. The minimum absolute atomic E-state index is 0.114. The molecule has 0 N–H and O–H groups in total. The summed E-state index contributed by atoms with van der Waals surface area (Å²) in [6.45, 7) is 16.1. The van der Waals surface area contributed by atoms with Crippen molar-refractivity contribution in [2.75, 3.05) is 59.5 Å². The van der Waals surface area contributed by atoms with Crippen LogP contribution >= 0.6 is 0 Å². The molecule has 0 aromatic carbocycles. The highest BCUT2D eigenvalue weighted by Crippen LogP contribution is 2.12. The first-order valence-electron chi connectivity index (χ1n) is 22.0. The first kappa shape index (κ1) is 49.1. The van der Waals surface area contributed by atoms with Crippen molar-refractivity contribution in [3.63, 3.8) is 0 Å². The third-order valence-corrected chi connectivity index (χ3v) is 9.91. The molecule has 0 bridgehead atoms. The standard InChI is InChI=1S/C46H87N3O2/c1-6-10-12-14-16-18-20-22-24-26-28-30-32-34-36-38-40-49(46(50)51-45-44-47(5)42-43-48(8-3)9-4)41-39-37-35-33-31-29-27-25-23-21-19-17-15-13-11-7-2/h16-19,22-25H,6-15,20-21,26-45H2,1-5H3/b18-16-,19-17-,24-22-,25-23-. The Morgan fingerprint density at radius 1 is 0.451 bits per heavy atom. The zero-order chi connectivity index (χ0) is 37.3. The van der Waals surface area contributed by atoms with Crippen LogP contribution in [0, 0.1) is 0 Å². The maximum absolute atomic E-state index is 13.1. The molecule has 0 spiro atoms. The van der Waals surface area contributed by atoms with Crippen LogP contribution in [0.3, 0.4) is 0 Å². The first-order chi connectivity index (χ1) is 25.1. The summed E-state index contributed by atoms with van der Waals surface area (Å²) in [7, 11) is 2.13. The number of amides is 1. The molecule has 0 unspecified atom stereocenters. The fourth-order valence-electron chi connectivity index (χ4n) is 6.22. The Morgan fingerprint density at radius 3 is 1.25 bits per heavy atom. The third-order valence-electron chi connectivity index (χ3n) is 9.91. The average molecular weight is 714 g/mol. The maximum atomic E-state index is 13.1. The van der Waals surface area contributed by atoms with Gasteiger partial charge in [0, 0.05) is 32.7 Å². The second kappa shape index (κ2) is 40.9. The minimum Gasteiger partial charge on any atom is -0.448 e. The van der Waals surface area contributed by atoms with Gasteiger partial charge >= 0.3 is 6.09 Å². The van der Waals surface area contributed by atoms with Crippen LogP contribution in [-0.4, -0.2) is 80.3 Å². The number of nitrogens with zero attached hydrogens (tertiary/aromatic N) is 3. The molecule has 0 aliphatic rings. The van der Waals surface area contributed by atoms with E-state index in [0.717, 1.165) is 71.5 Å². The highest BCUT2D eigenvalue weighted by atomic mass is 16.6.